The van der Waals surface area contributed by atoms with Gasteiger partial charge in [0.15, 0.2) is 0 Å². The Kier molecular flexibility index (Phi) is 5.45. The van der Waals surface area contributed by atoms with Crippen molar-refractivity contribution in [3.63, 3.8) is 0 Å². The van der Waals surface area contributed by atoms with E-state index in [4.69, 9.17) is 9.47 Å². The molecule has 3 unspecified atom stereocenters. The van der Waals surface area contributed by atoms with Gasteiger partial charge in [-0.3, -0.25) is 0 Å². The molecule has 1 aliphatic heterocycles. The molecule has 0 spiro atoms. The van der Waals surface area contributed by atoms with E-state index in [-0.39, 0.29) is 0 Å². The van der Waals surface area contributed by atoms with Crippen molar-refractivity contribution < 1.29 is 9.47 Å². The number of hydrogen-bond acceptors (Lipinski definition) is 3. The molecular formula is C11H23NO2. The Balaban J connectivity index is 2.14. The number of rotatable bonds is 6. The highest BCUT2D eigenvalue weighted by Gasteiger charge is 2.22. The zero-order valence-electron chi connectivity index (χ0n) is 9.58. The smallest absolute Gasteiger partial charge is 0.0726 e. The first-order valence-electron chi connectivity index (χ1n) is 5.60. The van der Waals surface area contributed by atoms with Crippen LogP contribution in [0.4, 0.5) is 0 Å². The Bertz CT molecular complexity index is 146. The van der Waals surface area contributed by atoms with Gasteiger partial charge >= 0.3 is 0 Å². The van der Waals surface area contributed by atoms with Crippen LogP contribution >= 0.6 is 0 Å². The summed E-state index contributed by atoms with van der Waals surface area (Å²) in [5.41, 5.74) is 0. The molecule has 0 aliphatic carbocycles. The molecule has 1 saturated heterocycles. The summed E-state index contributed by atoms with van der Waals surface area (Å²) in [6, 6.07) is 0.971. The van der Waals surface area contributed by atoms with Crippen molar-refractivity contribution in [3.8, 4) is 0 Å². The molecule has 0 aromatic rings. The van der Waals surface area contributed by atoms with Gasteiger partial charge in [0.2, 0.25) is 0 Å². The normalized spacial score (nSPS) is 26.4. The third-order valence-electron chi connectivity index (χ3n) is 2.82. The molecule has 1 N–H and O–H groups in total. The first-order valence-corrected chi connectivity index (χ1v) is 5.60. The topological polar surface area (TPSA) is 30.5 Å². The minimum atomic E-state index is 0.417. The van der Waals surface area contributed by atoms with Crippen molar-refractivity contribution in [2.45, 2.75) is 51.3 Å². The summed E-state index contributed by atoms with van der Waals surface area (Å²) in [5.74, 6) is 0. The largest absolute Gasteiger partial charge is 0.385 e. The highest BCUT2D eigenvalue weighted by molar-refractivity contribution is 4.78. The van der Waals surface area contributed by atoms with Gasteiger partial charge < -0.3 is 14.8 Å². The maximum absolute atomic E-state index is 5.63. The molecule has 0 saturated carbocycles. The summed E-state index contributed by atoms with van der Waals surface area (Å²) in [6.07, 6.45) is 3.89. The number of ether oxygens (including phenoxy) is 2. The third kappa shape index (κ3) is 3.95. The van der Waals surface area contributed by atoms with Crippen LogP contribution in [0.5, 0.6) is 0 Å². The van der Waals surface area contributed by atoms with Gasteiger partial charge in [-0.1, -0.05) is 0 Å². The highest BCUT2D eigenvalue weighted by Crippen LogP contribution is 2.15. The Morgan fingerprint density at radius 2 is 2.29 bits per heavy atom. The fourth-order valence-corrected chi connectivity index (χ4v) is 1.93. The molecule has 0 amide bonds. The third-order valence-corrected chi connectivity index (χ3v) is 2.82. The van der Waals surface area contributed by atoms with Crippen LogP contribution in [0.2, 0.25) is 0 Å². The molecule has 0 bridgehead atoms. The van der Waals surface area contributed by atoms with Crippen LogP contribution in [0.3, 0.4) is 0 Å². The fourth-order valence-electron chi connectivity index (χ4n) is 1.93. The number of nitrogens with one attached hydrogen (secondary N) is 1. The van der Waals surface area contributed by atoms with E-state index in [1.807, 2.05) is 0 Å². The lowest BCUT2D eigenvalue weighted by Gasteiger charge is -2.24. The van der Waals surface area contributed by atoms with E-state index in [2.05, 4.69) is 19.2 Å². The summed E-state index contributed by atoms with van der Waals surface area (Å²) in [5, 5.41) is 3.55. The molecule has 3 atom stereocenters. The van der Waals surface area contributed by atoms with E-state index in [1.54, 1.807) is 7.11 Å². The van der Waals surface area contributed by atoms with Gasteiger partial charge in [-0.2, -0.15) is 0 Å². The van der Waals surface area contributed by atoms with Crippen molar-refractivity contribution in [2.24, 2.45) is 0 Å². The first-order chi connectivity index (χ1) is 6.74. The molecule has 84 valence electrons. The second kappa shape index (κ2) is 6.38. The molecule has 3 heteroatoms. The Morgan fingerprint density at radius 3 is 2.86 bits per heavy atom. The lowest BCUT2D eigenvalue weighted by Crippen LogP contribution is -2.42. The summed E-state index contributed by atoms with van der Waals surface area (Å²) in [7, 11) is 1.75. The Labute approximate surface area is 87.2 Å². The van der Waals surface area contributed by atoms with Gasteiger partial charge in [-0.15, -0.1) is 0 Å². The standard InChI is InChI=1S/C11H23NO2/c1-9(6-8-13-3)12-10(2)11-5-4-7-14-11/h9-12H,4-8H2,1-3H3. The molecule has 0 aromatic heterocycles. The van der Waals surface area contributed by atoms with Gasteiger partial charge in [0, 0.05) is 32.4 Å². The monoisotopic (exact) mass is 201 g/mol. The molecule has 3 nitrogen and oxygen atoms in total. The van der Waals surface area contributed by atoms with Crippen LogP contribution in [-0.2, 0) is 9.47 Å². The van der Waals surface area contributed by atoms with Crippen molar-refractivity contribution in [3.05, 3.63) is 0 Å². The second-order valence-electron chi connectivity index (χ2n) is 4.19. The van der Waals surface area contributed by atoms with E-state index in [0.29, 0.717) is 18.2 Å². The van der Waals surface area contributed by atoms with Crippen LogP contribution in [0, 0.1) is 0 Å². The minimum Gasteiger partial charge on any atom is -0.385 e. The molecule has 1 fully saturated rings. The fraction of sp³-hybridized carbons (Fsp3) is 1.00. The molecular weight excluding hydrogens is 178 g/mol. The highest BCUT2D eigenvalue weighted by atomic mass is 16.5. The second-order valence-corrected chi connectivity index (χ2v) is 4.19. The summed E-state index contributed by atoms with van der Waals surface area (Å²) < 4.78 is 10.7. The number of hydrogen-bond donors (Lipinski definition) is 1. The van der Waals surface area contributed by atoms with E-state index in [1.165, 1.54) is 12.8 Å². The SMILES string of the molecule is COCCC(C)NC(C)C1CCCO1. The lowest BCUT2D eigenvalue weighted by molar-refractivity contribution is 0.0781. The Morgan fingerprint density at radius 1 is 1.50 bits per heavy atom. The summed E-state index contributed by atoms with van der Waals surface area (Å²) in [6.45, 7) is 6.17. The minimum absolute atomic E-state index is 0.417. The average Bonchev–Trinajstić information content (AvgIpc) is 2.67. The van der Waals surface area contributed by atoms with Crippen molar-refractivity contribution in [2.75, 3.05) is 20.3 Å². The zero-order chi connectivity index (χ0) is 10.4. The summed E-state index contributed by atoms with van der Waals surface area (Å²) >= 11 is 0. The molecule has 1 heterocycles. The van der Waals surface area contributed by atoms with Crippen LogP contribution in [-0.4, -0.2) is 38.5 Å². The van der Waals surface area contributed by atoms with Crippen LogP contribution in [0.15, 0.2) is 0 Å². The molecule has 1 aliphatic rings. The molecule has 0 radical (unpaired) electrons. The van der Waals surface area contributed by atoms with Gasteiger partial charge in [-0.25, -0.2) is 0 Å². The molecule has 14 heavy (non-hydrogen) atoms. The average molecular weight is 201 g/mol. The zero-order valence-corrected chi connectivity index (χ0v) is 9.58. The van der Waals surface area contributed by atoms with Gasteiger partial charge in [0.25, 0.3) is 0 Å². The molecule has 0 aromatic carbocycles. The lowest BCUT2D eigenvalue weighted by atomic mass is 10.1. The van der Waals surface area contributed by atoms with Gasteiger partial charge in [-0.05, 0) is 33.1 Å². The molecule has 1 rings (SSSR count). The van der Waals surface area contributed by atoms with Crippen molar-refractivity contribution in [1.82, 2.24) is 5.32 Å². The van der Waals surface area contributed by atoms with Crippen LogP contribution in [0.25, 0.3) is 0 Å². The van der Waals surface area contributed by atoms with Crippen molar-refractivity contribution in [1.29, 1.82) is 0 Å². The summed E-state index contributed by atoms with van der Waals surface area (Å²) in [4.78, 5) is 0. The van der Waals surface area contributed by atoms with E-state index in [9.17, 15) is 0 Å². The predicted molar refractivity (Wildman–Crippen MR) is 57.5 cm³/mol. The van der Waals surface area contributed by atoms with Gasteiger partial charge in [0.1, 0.15) is 0 Å². The van der Waals surface area contributed by atoms with E-state index < -0.39 is 0 Å². The predicted octanol–water partition coefficient (Wildman–Crippen LogP) is 1.57. The van der Waals surface area contributed by atoms with Gasteiger partial charge in [0.05, 0.1) is 6.10 Å². The van der Waals surface area contributed by atoms with Crippen LogP contribution in [0.1, 0.15) is 33.1 Å². The van der Waals surface area contributed by atoms with Crippen LogP contribution < -0.4 is 5.32 Å². The number of methoxy groups -OCH3 is 1. The van der Waals surface area contributed by atoms with E-state index >= 15 is 0 Å². The van der Waals surface area contributed by atoms with E-state index in [0.717, 1.165) is 19.6 Å². The quantitative estimate of drug-likeness (QED) is 0.707. The van der Waals surface area contributed by atoms with Crippen molar-refractivity contribution >= 4 is 0 Å². The maximum Gasteiger partial charge on any atom is 0.0726 e. The maximum atomic E-state index is 5.63. The first kappa shape index (κ1) is 12.0. The Hall–Kier alpha value is -0.120.